The van der Waals surface area contributed by atoms with E-state index in [0.29, 0.717) is 5.41 Å². The molecule has 1 aliphatic carbocycles. The quantitative estimate of drug-likeness (QED) is 0.834. The molecule has 0 saturated heterocycles. The Hall–Kier alpha value is -0.820. The summed E-state index contributed by atoms with van der Waals surface area (Å²) in [4.78, 5) is 0. The topological polar surface area (TPSA) is 12.0 Å². The highest BCUT2D eigenvalue weighted by Gasteiger charge is 2.33. The first-order valence-electron chi connectivity index (χ1n) is 6.86. The first kappa shape index (κ1) is 12.6. The normalized spacial score (nSPS) is 18.5. The van der Waals surface area contributed by atoms with Crippen molar-refractivity contribution in [1.29, 1.82) is 0 Å². The van der Waals surface area contributed by atoms with Crippen LogP contribution in [0.3, 0.4) is 0 Å². The third kappa shape index (κ3) is 2.90. The minimum Gasteiger partial charge on any atom is -0.319 e. The molecule has 0 aromatic heterocycles. The standard InChI is InChI=1S/C16H25N/c1-13-6-7-15(10-14(13)2)11-16(12-17-3)8-4-5-9-16/h6-7,10,17H,4-5,8-9,11-12H2,1-3H3. The van der Waals surface area contributed by atoms with E-state index in [1.54, 1.807) is 0 Å². The van der Waals surface area contributed by atoms with Gasteiger partial charge in [-0.1, -0.05) is 31.0 Å². The molecule has 94 valence electrons. The molecule has 1 aromatic rings. The first-order chi connectivity index (χ1) is 8.15. The summed E-state index contributed by atoms with van der Waals surface area (Å²) in [6, 6.07) is 6.97. The number of nitrogens with one attached hydrogen (secondary N) is 1. The van der Waals surface area contributed by atoms with Gasteiger partial charge in [-0.2, -0.15) is 0 Å². The molecule has 0 heterocycles. The molecular weight excluding hydrogens is 206 g/mol. The van der Waals surface area contributed by atoms with Crippen molar-refractivity contribution in [3.63, 3.8) is 0 Å². The molecule has 0 atom stereocenters. The van der Waals surface area contributed by atoms with Gasteiger partial charge in [-0.05, 0) is 62.3 Å². The highest BCUT2D eigenvalue weighted by Crippen LogP contribution is 2.40. The van der Waals surface area contributed by atoms with E-state index in [9.17, 15) is 0 Å². The van der Waals surface area contributed by atoms with Gasteiger partial charge in [0.2, 0.25) is 0 Å². The Bertz CT molecular complexity index is 375. The van der Waals surface area contributed by atoms with Crippen molar-refractivity contribution in [2.75, 3.05) is 13.6 Å². The molecular formula is C16H25N. The Labute approximate surface area is 106 Å². The fraction of sp³-hybridized carbons (Fsp3) is 0.625. The summed E-state index contributed by atoms with van der Waals surface area (Å²) in [6.45, 7) is 5.58. The molecule has 1 aromatic carbocycles. The lowest BCUT2D eigenvalue weighted by atomic mass is 9.79. The number of benzene rings is 1. The second-order valence-electron chi connectivity index (χ2n) is 5.83. The van der Waals surface area contributed by atoms with Gasteiger partial charge >= 0.3 is 0 Å². The lowest BCUT2D eigenvalue weighted by Gasteiger charge is -2.29. The van der Waals surface area contributed by atoms with Gasteiger partial charge in [0.25, 0.3) is 0 Å². The van der Waals surface area contributed by atoms with Crippen molar-refractivity contribution >= 4 is 0 Å². The molecule has 1 fully saturated rings. The molecule has 0 spiro atoms. The highest BCUT2D eigenvalue weighted by atomic mass is 14.8. The van der Waals surface area contributed by atoms with Crippen molar-refractivity contribution in [3.8, 4) is 0 Å². The zero-order valence-electron chi connectivity index (χ0n) is 11.5. The van der Waals surface area contributed by atoms with Crippen LogP contribution in [0, 0.1) is 19.3 Å². The van der Waals surface area contributed by atoms with Gasteiger partial charge in [0.1, 0.15) is 0 Å². The average Bonchev–Trinajstić information content (AvgIpc) is 2.73. The largest absolute Gasteiger partial charge is 0.319 e. The summed E-state index contributed by atoms with van der Waals surface area (Å²) < 4.78 is 0. The fourth-order valence-electron chi connectivity index (χ4n) is 3.26. The molecule has 0 bridgehead atoms. The molecule has 1 N–H and O–H groups in total. The van der Waals surface area contributed by atoms with Crippen LogP contribution in [0.1, 0.15) is 42.4 Å². The number of rotatable bonds is 4. The molecule has 0 unspecified atom stereocenters. The van der Waals surface area contributed by atoms with Crippen molar-refractivity contribution in [2.45, 2.75) is 46.0 Å². The Balaban J connectivity index is 2.14. The van der Waals surface area contributed by atoms with Gasteiger partial charge < -0.3 is 5.32 Å². The Morgan fingerprint density at radius 1 is 1.12 bits per heavy atom. The maximum absolute atomic E-state index is 3.40. The third-order valence-electron chi connectivity index (χ3n) is 4.37. The van der Waals surface area contributed by atoms with E-state index in [0.717, 1.165) is 0 Å². The van der Waals surface area contributed by atoms with Gasteiger partial charge in [0.15, 0.2) is 0 Å². The van der Waals surface area contributed by atoms with E-state index >= 15 is 0 Å². The van der Waals surface area contributed by atoms with Crippen molar-refractivity contribution in [1.82, 2.24) is 5.32 Å². The maximum atomic E-state index is 3.40. The smallest absolute Gasteiger partial charge is 0.000799 e. The van der Waals surface area contributed by atoms with Crippen LogP contribution in [0.25, 0.3) is 0 Å². The SMILES string of the molecule is CNCC1(Cc2ccc(C)c(C)c2)CCCC1. The Morgan fingerprint density at radius 3 is 2.41 bits per heavy atom. The van der Waals surface area contributed by atoms with Crippen LogP contribution in [0.4, 0.5) is 0 Å². The van der Waals surface area contributed by atoms with Crippen LogP contribution in [0.5, 0.6) is 0 Å². The number of hydrogen-bond donors (Lipinski definition) is 1. The van der Waals surface area contributed by atoms with Crippen molar-refractivity contribution in [2.24, 2.45) is 5.41 Å². The lowest BCUT2D eigenvalue weighted by Crippen LogP contribution is -2.32. The molecule has 2 rings (SSSR count). The van der Waals surface area contributed by atoms with Crippen LogP contribution >= 0.6 is 0 Å². The summed E-state index contributed by atoms with van der Waals surface area (Å²) in [5.74, 6) is 0. The predicted octanol–water partition coefficient (Wildman–Crippen LogP) is 3.63. The van der Waals surface area contributed by atoms with Gasteiger partial charge in [0.05, 0.1) is 0 Å². The van der Waals surface area contributed by atoms with Gasteiger partial charge in [-0.25, -0.2) is 0 Å². The lowest BCUT2D eigenvalue weighted by molar-refractivity contribution is 0.286. The molecule has 1 saturated carbocycles. The second kappa shape index (κ2) is 5.22. The maximum Gasteiger partial charge on any atom is 0.000799 e. The molecule has 1 heteroatoms. The van der Waals surface area contributed by atoms with Crippen LogP contribution in [0.15, 0.2) is 18.2 Å². The number of aryl methyl sites for hydroxylation is 2. The second-order valence-corrected chi connectivity index (χ2v) is 5.83. The third-order valence-corrected chi connectivity index (χ3v) is 4.37. The summed E-state index contributed by atoms with van der Waals surface area (Å²) in [6.07, 6.45) is 6.84. The molecule has 0 amide bonds. The van der Waals surface area contributed by atoms with Gasteiger partial charge in [0, 0.05) is 6.54 Å². The van der Waals surface area contributed by atoms with E-state index in [1.165, 1.54) is 55.3 Å². The van der Waals surface area contributed by atoms with Crippen molar-refractivity contribution in [3.05, 3.63) is 34.9 Å². The van der Waals surface area contributed by atoms with Crippen LogP contribution < -0.4 is 5.32 Å². The molecule has 0 radical (unpaired) electrons. The molecule has 0 aliphatic heterocycles. The minimum atomic E-state index is 0.524. The van der Waals surface area contributed by atoms with E-state index in [-0.39, 0.29) is 0 Å². The van der Waals surface area contributed by atoms with E-state index in [2.05, 4.69) is 44.4 Å². The Morgan fingerprint density at radius 2 is 1.82 bits per heavy atom. The van der Waals surface area contributed by atoms with Gasteiger partial charge in [-0.3, -0.25) is 0 Å². The monoisotopic (exact) mass is 231 g/mol. The summed E-state index contributed by atoms with van der Waals surface area (Å²) in [5.41, 5.74) is 4.88. The highest BCUT2D eigenvalue weighted by molar-refractivity contribution is 5.30. The molecule has 1 nitrogen and oxygen atoms in total. The van der Waals surface area contributed by atoms with Crippen LogP contribution in [0.2, 0.25) is 0 Å². The minimum absolute atomic E-state index is 0.524. The number of hydrogen-bond acceptors (Lipinski definition) is 1. The molecule has 17 heavy (non-hydrogen) atoms. The van der Waals surface area contributed by atoms with E-state index in [4.69, 9.17) is 0 Å². The van der Waals surface area contributed by atoms with Crippen LogP contribution in [-0.4, -0.2) is 13.6 Å². The summed E-state index contributed by atoms with van der Waals surface area (Å²) in [7, 11) is 2.08. The summed E-state index contributed by atoms with van der Waals surface area (Å²) >= 11 is 0. The zero-order valence-corrected chi connectivity index (χ0v) is 11.5. The van der Waals surface area contributed by atoms with Crippen molar-refractivity contribution < 1.29 is 0 Å². The van der Waals surface area contributed by atoms with Crippen LogP contribution in [-0.2, 0) is 6.42 Å². The Kier molecular flexibility index (Phi) is 3.88. The van der Waals surface area contributed by atoms with E-state index < -0.39 is 0 Å². The predicted molar refractivity (Wildman–Crippen MR) is 74.4 cm³/mol. The first-order valence-corrected chi connectivity index (χ1v) is 6.86. The fourth-order valence-corrected chi connectivity index (χ4v) is 3.26. The zero-order chi connectivity index (χ0) is 12.3. The molecule has 1 aliphatic rings. The van der Waals surface area contributed by atoms with Gasteiger partial charge in [-0.15, -0.1) is 0 Å². The van der Waals surface area contributed by atoms with E-state index in [1.807, 2.05) is 0 Å². The summed E-state index contributed by atoms with van der Waals surface area (Å²) in [5, 5.41) is 3.40. The average molecular weight is 231 g/mol.